The molecule has 1 saturated heterocycles. The quantitative estimate of drug-likeness (QED) is 0.846. The number of nitrogens with one attached hydrogen (secondary N) is 1. The van der Waals surface area contributed by atoms with Gasteiger partial charge in [-0.15, -0.1) is 0 Å². The number of carbonyl (C=O) groups excluding carboxylic acids is 1. The van der Waals surface area contributed by atoms with Crippen molar-refractivity contribution in [1.29, 1.82) is 0 Å². The molecule has 1 aromatic rings. The van der Waals surface area contributed by atoms with Crippen LogP contribution >= 0.6 is 0 Å². The van der Waals surface area contributed by atoms with Crippen LogP contribution in [0.25, 0.3) is 0 Å². The van der Waals surface area contributed by atoms with Crippen LogP contribution in [0.4, 0.5) is 5.69 Å². The first kappa shape index (κ1) is 15.8. The van der Waals surface area contributed by atoms with Crippen LogP contribution in [-0.2, 0) is 4.74 Å². The van der Waals surface area contributed by atoms with Crippen LogP contribution in [0.15, 0.2) is 24.3 Å². The Morgan fingerprint density at radius 3 is 2.71 bits per heavy atom. The van der Waals surface area contributed by atoms with Gasteiger partial charge in [-0.25, -0.2) is 4.79 Å². The number of carbonyl (C=O) groups is 1. The maximum atomic E-state index is 11.8. The van der Waals surface area contributed by atoms with Gasteiger partial charge in [0.1, 0.15) is 0 Å². The molecule has 21 heavy (non-hydrogen) atoms. The van der Waals surface area contributed by atoms with E-state index in [0.717, 1.165) is 31.6 Å². The fourth-order valence-corrected chi connectivity index (χ4v) is 2.75. The zero-order valence-electron chi connectivity index (χ0n) is 13.3. The largest absolute Gasteiger partial charge is 0.462 e. The molecule has 0 amide bonds. The van der Waals surface area contributed by atoms with Crippen molar-refractivity contribution in [3.8, 4) is 0 Å². The average molecular weight is 290 g/mol. The Balaban J connectivity index is 1.92. The van der Waals surface area contributed by atoms with Gasteiger partial charge < -0.3 is 15.0 Å². The van der Waals surface area contributed by atoms with E-state index in [1.165, 1.54) is 0 Å². The predicted molar refractivity (Wildman–Crippen MR) is 85.8 cm³/mol. The highest BCUT2D eigenvalue weighted by Crippen LogP contribution is 2.19. The minimum absolute atomic E-state index is 0.254. The smallest absolute Gasteiger partial charge is 0.338 e. The highest BCUT2D eigenvalue weighted by atomic mass is 16.5. The van der Waals surface area contributed by atoms with E-state index in [2.05, 4.69) is 24.1 Å². The Kier molecular flexibility index (Phi) is 5.62. The number of esters is 1. The van der Waals surface area contributed by atoms with Crippen molar-refractivity contribution in [2.24, 2.45) is 0 Å². The first-order valence-corrected chi connectivity index (χ1v) is 7.88. The Morgan fingerprint density at radius 1 is 1.38 bits per heavy atom. The summed E-state index contributed by atoms with van der Waals surface area (Å²) in [6, 6.07) is 8.70. The normalized spacial score (nSPS) is 17.0. The van der Waals surface area contributed by atoms with E-state index >= 15 is 0 Å². The molecule has 1 fully saturated rings. The molecule has 2 rings (SSSR count). The van der Waals surface area contributed by atoms with Crippen molar-refractivity contribution >= 4 is 11.7 Å². The van der Waals surface area contributed by atoms with Gasteiger partial charge in [-0.1, -0.05) is 6.07 Å². The van der Waals surface area contributed by atoms with Gasteiger partial charge in [0.05, 0.1) is 12.2 Å². The van der Waals surface area contributed by atoms with Gasteiger partial charge in [0.25, 0.3) is 0 Å². The number of hydrogen-bond acceptors (Lipinski definition) is 4. The Morgan fingerprint density at radius 2 is 2.10 bits per heavy atom. The number of likely N-dealkylation sites (tertiary alicyclic amines) is 1. The lowest BCUT2D eigenvalue weighted by Crippen LogP contribution is -2.42. The van der Waals surface area contributed by atoms with Gasteiger partial charge in [0, 0.05) is 30.9 Å². The zero-order valence-corrected chi connectivity index (χ0v) is 13.3. The standard InChI is InChI=1S/C17H26N2O2/c1-4-21-17(20)14-6-5-7-16(12-14)18-15-8-10-19(11-9-15)13(2)3/h5-7,12-13,15,18H,4,8-11H2,1-3H3. The molecule has 0 aromatic heterocycles. The van der Waals surface area contributed by atoms with Gasteiger partial charge in [0.15, 0.2) is 0 Å². The molecule has 0 radical (unpaired) electrons. The first-order chi connectivity index (χ1) is 10.1. The second kappa shape index (κ2) is 7.46. The number of rotatable bonds is 5. The van der Waals surface area contributed by atoms with E-state index < -0.39 is 0 Å². The maximum Gasteiger partial charge on any atom is 0.338 e. The summed E-state index contributed by atoms with van der Waals surface area (Å²) in [6.07, 6.45) is 2.28. The van der Waals surface area contributed by atoms with Crippen molar-refractivity contribution in [3.05, 3.63) is 29.8 Å². The van der Waals surface area contributed by atoms with Crippen LogP contribution < -0.4 is 5.32 Å². The Bertz CT molecular complexity index is 466. The number of nitrogens with zero attached hydrogens (tertiary/aromatic N) is 1. The molecule has 4 nitrogen and oxygen atoms in total. The van der Waals surface area contributed by atoms with Gasteiger partial charge >= 0.3 is 5.97 Å². The molecular weight excluding hydrogens is 264 g/mol. The van der Waals surface area contributed by atoms with Crippen molar-refractivity contribution < 1.29 is 9.53 Å². The third kappa shape index (κ3) is 4.46. The summed E-state index contributed by atoms with van der Waals surface area (Å²) in [7, 11) is 0. The van der Waals surface area contributed by atoms with E-state index in [0.29, 0.717) is 24.3 Å². The molecule has 1 heterocycles. The highest BCUT2D eigenvalue weighted by molar-refractivity contribution is 5.90. The van der Waals surface area contributed by atoms with Gasteiger partial charge in [-0.3, -0.25) is 0 Å². The summed E-state index contributed by atoms with van der Waals surface area (Å²) in [5.74, 6) is -0.254. The fourth-order valence-electron chi connectivity index (χ4n) is 2.75. The number of benzene rings is 1. The number of hydrogen-bond donors (Lipinski definition) is 1. The van der Waals surface area contributed by atoms with Crippen LogP contribution in [0.1, 0.15) is 44.0 Å². The zero-order chi connectivity index (χ0) is 15.2. The van der Waals surface area contributed by atoms with E-state index in [4.69, 9.17) is 4.74 Å². The maximum absolute atomic E-state index is 11.8. The average Bonchev–Trinajstić information content (AvgIpc) is 2.48. The number of anilines is 1. The van der Waals surface area contributed by atoms with Crippen molar-refractivity contribution in [1.82, 2.24) is 4.90 Å². The molecule has 1 aliphatic rings. The molecule has 0 saturated carbocycles. The fraction of sp³-hybridized carbons (Fsp3) is 0.588. The van der Waals surface area contributed by atoms with E-state index in [9.17, 15) is 4.79 Å². The lowest BCUT2D eigenvalue weighted by molar-refractivity contribution is 0.0526. The van der Waals surface area contributed by atoms with Crippen molar-refractivity contribution in [2.75, 3.05) is 25.0 Å². The number of piperidine rings is 1. The third-order valence-electron chi connectivity index (χ3n) is 4.00. The first-order valence-electron chi connectivity index (χ1n) is 7.88. The summed E-state index contributed by atoms with van der Waals surface area (Å²) < 4.78 is 5.04. The molecule has 116 valence electrons. The molecule has 4 heteroatoms. The van der Waals surface area contributed by atoms with E-state index in [1.54, 1.807) is 6.07 Å². The van der Waals surface area contributed by atoms with Crippen LogP contribution in [-0.4, -0.2) is 42.6 Å². The summed E-state index contributed by atoms with van der Waals surface area (Å²) in [5, 5.41) is 3.54. The summed E-state index contributed by atoms with van der Waals surface area (Å²) in [5.41, 5.74) is 1.62. The van der Waals surface area contributed by atoms with Crippen molar-refractivity contribution in [2.45, 2.75) is 45.7 Å². The monoisotopic (exact) mass is 290 g/mol. The lowest BCUT2D eigenvalue weighted by Gasteiger charge is -2.35. The predicted octanol–water partition coefficient (Wildman–Crippen LogP) is 3.15. The minimum Gasteiger partial charge on any atom is -0.462 e. The van der Waals surface area contributed by atoms with Crippen LogP contribution in [0, 0.1) is 0 Å². The molecule has 0 aliphatic carbocycles. The molecule has 0 bridgehead atoms. The van der Waals surface area contributed by atoms with Gasteiger partial charge in [-0.05, 0) is 51.8 Å². The van der Waals surface area contributed by atoms with Crippen molar-refractivity contribution in [3.63, 3.8) is 0 Å². The Hall–Kier alpha value is -1.55. The minimum atomic E-state index is -0.254. The molecular formula is C17H26N2O2. The van der Waals surface area contributed by atoms with E-state index in [1.807, 2.05) is 25.1 Å². The van der Waals surface area contributed by atoms with Crippen LogP contribution in [0.2, 0.25) is 0 Å². The molecule has 1 N–H and O–H groups in total. The topological polar surface area (TPSA) is 41.6 Å². The Labute approximate surface area is 127 Å². The van der Waals surface area contributed by atoms with Crippen LogP contribution in [0.3, 0.4) is 0 Å². The van der Waals surface area contributed by atoms with Crippen LogP contribution in [0.5, 0.6) is 0 Å². The molecule has 1 aliphatic heterocycles. The molecule has 0 spiro atoms. The summed E-state index contributed by atoms with van der Waals surface area (Å²) in [6.45, 7) is 8.99. The van der Waals surface area contributed by atoms with Gasteiger partial charge in [-0.2, -0.15) is 0 Å². The lowest BCUT2D eigenvalue weighted by atomic mass is 10.0. The summed E-state index contributed by atoms with van der Waals surface area (Å²) in [4.78, 5) is 14.3. The second-order valence-electron chi connectivity index (χ2n) is 5.85. The number of ether oxygens (including phenoxy) is 1. The summed E-state index contributed by atoms with van der Waals surface area (Å²) >= 11 is 0. The molecule has 0 unspecified atom stereocenters. The SMILES string of the molecule is CCOC(=O)c1cccc(NC2CCN(C(C)C)CC2)c1. The highest BCUT2D eigenvalue weighted by Gasteiger charge is 2.20. The molecule has 1 aromatic carbocycles. The second-order valence-corrected chi connectivity index (χ2v) is 5.85. The van der Waals surface area contributed by atoms with Gasteiger partial charge in [0.2, 0.25) is 0 Å². The van der Waals surface area contributed by atoms with E-state index in [-0.39, 0.29) is 5.97 Å². The third-order valence-corrected chi connectivity index (χ3v) is 4.00. The molecule has 0 atom stereocenters.